The van der Waals surface area contributed by atoms with E-state index in [1.807, 2.05) is 48.6 Å². The predicted molar refractivity (Wildman–Crippen MR) is 315 cm³/mol. The molecular weight excluding hydrogens is 1580 g/mol. The fourth-order valence-corrected chi connectivity index (χ4v) is 18.8. The molecule has 0 saturated carbocycles. The van der Waals surface area contributed by atoms with E-state index in [1.54, 1.807) is 23.5 Å². The summed E-state index contributed by atoms with van der Waals surface area (Å²) in [6.07, 6.45) is 2.18. The number of phenols is 3. The van der Waals surface area contributed by atoms with Crippen LogP contribution in [0, 0.1) is 164 Å². The Kier molecular flexibility index (Phi) is 18.9. The molecule has 2 radical (unpaired) electrons. The van der Waals surface area contributed by atoms with Crippen LogP contribution >= 0.6 is 23.5 Å². The number of thioether (sulfide) groups is 2. The molecule has 8 bridgehead atoms. The maximum atomic E-state index is 13.1. The minimum absolute atomic E-state index is 0. The average molecular weight is 1650 g/mol. The van der Waals surface area contributed by atoms with E-state index in [2.05, 4.69) is 71.7 Å². The fourth-order valence-electron chi connectivity index (χ4n) is 15.8. The van der Waals surface area contributed by atoms with Gasteiger partial charge in [0.15, 0.2) is 29.8 Å². The Labute approximate surface area is 588 Å². The number of rotatable bonds is 5. The van der Waals surface area contributed by atoms with Crippen molar-refractivity contribution in [3.05, 3.63) is 90.0 Å². The second-order valence-corrected chi connectivity index (χ2v) is 27.1. The smallest absolute Gasteiger partial charge is 0.309 e. The Morgan fingerprint density at radius 1 is 0.598 bits per heavy atom. The average Bonchev–Trinajstić information content (AvgIpc) is 1.84. The number of nitrogens with zero attached hydrogens (tertiary/aromatic N) is 6. The molecule has 2 unspecified atom stereocenters. The summed E-state index contributed by atoms with van der Waals surface area (Å²) >= 11 is 3.23. The number of fused-ring (bicyclic) bond motifs is 18. The first-order chi connectivity index (χ1) is 40.8. The SMILES string of the molecule is CCCOCOc1c(C)c(C)cc2c1[C@@H]1C3[C@@H]4SC[C@H](C)C(=O)OC[C@@H](c5c6c(c(C)c(O)c54)OCO6)N3[C@@H](C#N)[C@H](C2)N1C.Cc1cc2c(c(O)c1C)[C@@H]1C3[C@@H]4SC[C@H](C)C(=O)OC[C@@H](c5c6c(c(C)c(O)c54)OCO6)N3[C@@H](C#N)[C@H](C2)N1C.[Ac].[Ac]. The van der Waals surface area contributed by atoms with Crippen LogP contribution in [-0.4, -0.2) is 149 Å². The van der Waals surface area contributed by atoms with E-state index in [9.17, 15) is 35.4 Å². The summed E-state index contributed by atoms with van der Waals surface area (Å²) in [5, 5.41) is 56.3. The molecule has 3 N–H and O–H groups in total. The molecule has 0 spiro atoms. The molecule has 4 aromatic rings. The number of piperazine rings is 2. The Morgan fingerprint density at radius 2 is 1.02 bits per heavy atom. The van der Waals surface area contributed by atoms with Crippen molar-refractivity contribution in [2.45, 2.75) is 152 Å². The summed E-state index contributed by atoms with van der Waals surface area (Å²) in [5.41, 5.74) is 12.6. The Hall–Kier alpha value is -3.42. The van der Waals surface area contributed by atoms with Gasteiger partial charge >= 0.3 is 11.9 Å². The number of nitriles is 2. The standard InChI is InChI=1S/C34H41N3O7S.C30H33N3O6S.2Ac/c1-7-8-40-14-42-30-18(4)16(2)9-20-10-21-22(11-35)37-23-12-41-34(39)17(3)13-45-33(28(37)27(24(20)30)36(21)6)26-25(23)32-31(43-15-44-32)19(5)29(26)38;1-12-6-16-7-17-18(8-31)33-19-9-37-30(36)13(2)10-40-29(24(33)23(32(17)5)20(16)25(34)14(12)3)22-21(19)28-27(38-11-39-28)15(4)26(22)35;;/h9,17,21-23,27-28,33,38H,7-8,10,12-15H2,1-6H3;6,13,17-19,23-24,29,34-35H,7,9-11H2,1-5H3;;/t17-,21-,22-,23-,27+,28?,33+;13-,17-,18-,19-,23+,24?,29+;;/m00../s1. The second-order valence-electron chi connectivity index (χ2n) is 24.8. The normalized spacial score (nSPS) is 30.5. The number of carbonyl (C=O) groups is 2. The maximum absolute atomic E-state index is 13.1. The third-order valence-corrected chi connectivity index (χ3v) is 23.4. The molecule has 0 aromatic heterocycles. The minimum Gasteiger partial charge on any atom is -0.507 e. The van der Waals surface area contributed by atoms with Crippen LogP contribution in [0.25, 0.3) is 0 Å². The number of hydrogen-bond acceptors (Lipinski definition) is 21. The van der Waals surface area contributed by atoms with Crippen molar-refractivity contribution in [3.63, 3.8) is 0 Å². The zero-order valence-electron chi connectivity index (χ0n) is 51.1. The van der Waals surface area contributed by atoms with E-state index in [0.717, 1.165) is 73.4 Å². The van der Waals surface area contributed by atoms with Gasteiger partial charge in [0.2, 0.25) is 13.6 Å². The van der Waals surface area contributed by atoms with Crippen molar-refractivity contribution in [1.29, 1.82) is 10.5 Å². The van der Waals surface area contributed by atoms with Crippen LogP contribution in [0.15, 0.2) is 12.1 Å². The van der Waals surface area contributed by atoms with E-state index >= 15 is 0 Å². The molecule has 10 aliphatic heterocycles. The van der Waals surface area contributed by atoms with Gasteiger partial charge in [-0.1, -0.05) is 32.9 Å². The van der Waals surface area contributed by atoms with Gasteiger partial charge in [-0.05, 0) is 108 Å². The second kappa shape index (κ2) is 25.2. The topological polar surface area (TPSA) is 229 Å². The molecule has 14 atom stereocenters. The Morgan fingerprint density at radius 3 is 1.48 bits per heavy atom. The summed E-state index contributed by atoms with van der Waals surface area (Å²) in [6.45, 7) is 18.6. The number of phenolic OH excluding ortho intramolecular Hbond substituents is 3. The molecule has 87 heavy (non-hydrogen) atoms. The molecule has 4 fully saturated rings. The fraction of sp³-hybridized carbons (Fsp3) is 0.562. The van der Waals surface area contributed by atoms with Crippen LogP contribution in [0.3, 0.4) is 0 Å². The molecule has 10 aliphatic rings. The molecule has 23 heteroatoms. The van der Waals surface area contributed by atoms with Crippen molar-refractivity contribution in [3.8, 4) is 58.1 Å². The number of benzene rings is 4. The van der Waals surface area contributed by atoms with Crippen molar-refractivity contribution in [2.75, 3.05) is 65.8 Å². The van der Waals surface area contributed by atoms with Crippen LogP contribution in [-0.2, 0) is 36.6 Å². The van der Waals surface area contributed by atoms with E-state index in [0.29, 0.717) is 70.8 Å². The van der Waals surface area contributed by atoms with Gasteiger partial charge < -0.3 is 53.2 Å². The molecule has 4 aromatic carbocycles. The first-order valence-corrected chi connectivity index (χ1v) is 31.7. The molecule has 19 nitrogen and oxygen atoms in total. The minimum atomic E-state index is -0.536. The van der Waals surface area contributed by atoms with E-state index in [1.165, 1.54) is 5.56 Å². The Balaban J connectivity index is 0.000000177. The van der Waals surface area contributed by atoms with Crippen LogP contribution < -0.4 is 23.7 Å². The molecule has 0 aliphatic carbocycles. The monoisotopic (exact) mass is 1650 g/mol. The molecule has 4 saturated heterocycles. The zero-order chi connectivity index (χ0) is 59.9. The number of carbonyl (C=O) groups excluding carboxylic acids is 2. The third kappa shape index (κ3) is 10.1. The summed E-state index contributed by atoms with van der Waals surface area (Å²) in [6, 6.07) is 6.36. The van der Waals surface area contributed by atoms with Crippen molar-refractivity contribution in [1.82, 2.24) is 19.6 Å². The number of hydrogen-bond donors (Lipinski definition) is 3. The number of likely N-dealkylation sites (N-methyl/N-ethyl adjacent to an activating group) is 2. The molecular formula is C64H74Ac2N6O13S2. The Bertz CT molecular complexity index is 3560. The van der Waals surface area contributed by atoms with Gasteiger partial charge in [0.05, 0.1) is 65.2 Å². The quantitative estimate of drug-likeness (QED) is 0.0962. The van der Waals surface area contributed by atoms with Crippen molar-refractivity contribution < 1.29 is 151 Å². The largest absolute Gasteiger partial charge is 0.507 e. The maximum Gasteiger partial charge on any atom is 0.309 e. The van der Waals surface area contributed by atoms with E-state index in [-0.39, 0.29) is 204 Å². The summed E-state index contributed by atoms with van der Waals surface area (Å²) in [4.78, 5) is 35.1. The van der Waals surface area contributed by atoms with Crippen LogP contribution in [0.5, 0.6) is 46.0 Å². The van der Waals surface area contributed by atoms with Gasteiger partial charge in [-0.2, -0.15) is 34.0 Å². The molecule has 456 valence electrons. The molecule has 14 rings (SSSR count). The first-order valence-electron chi connectivity index (χ1n) is 29.6. The van der Waals surface area contributed by atoms with Gasteiger partial charge in [-0.15, -0.1) is 0 Å². The first kappa shape index (κ1) is 65.1. The number of cyclic esters (lactones) is 2. The zero-order valence-corrected chi connectivity index (χ0v) is 62.2. The number of ether oxygens (including phenoxy) is 8. The van der Waals surface area contributed by atoms with E-state index < -0.39 is 24.2 Å². The van der Waals surface area contributed by atoms with E-state index in [4.69, 9.17) is 37.9 Å². The molecule has 0 amide bonds. The van der Waals surface area contributed by atoms with Crippen LogP contribution in [0.1, 0.15) is 140 Å². The summed E-state index contributed by atoms with van der Waals surface area (Å²) < 4.78 is 48.0. The predicted octanol–water partition coefficient (Wildman–Crippen LogP) is 8.95. The van der Waals surface area contributed by atoms with Crippen molar-refractivity contribution in [2.24, 2.45) is 11.8 Å². The van der Waals surface area contributed by atoms with Gasteiger partial charge in [-0.3, -0.25) is 29.2 Å². The number of aromatic hydroxyl groups is 3. The van der Waals surface area contributed by atoms with Crippen LogP contribution in [0.2, 0.25) is 0 Å². The summed E-state index contributed by atoms with van der Waals surface area (Å²) in [5.74, 6) is 3.36. The van der Waals surface area contributed by atoms with Gasteiger partial charge in [0, 0.05) is 168 Å². The summed E-state index contributed by atoms with van der Waals surface area (Å²) in [7, 11) is 4.15. The number of esters is 2. The van der Waals surface area contributed by atoms with Gasteiger partial charge in [0.1, 0.15) is 48.3 Å². The molecule has 10 heterocycles. The van der Waals surface area contributed by atoms with Gasteiger partial charge in [-0.25, -0.2) is 0 Å². The van der Waals surface area contributed by atoms with Gasteiger partial charge in [0.25, 0.3) is 0 Å². The third-order valence-electron chi connectivity index (χ3n) is 20.2. The van der Waals surface area contributed by atoms with Crippen molar-refractivity contribution >= 4 is 35.5 Å². The van der Waals surface area contributed by atoms with Crippen LogP contribution in [0.4, 0.5) is 0 Å². The number of aryl methyl sites for hydroxylation is 2.